The van der Waals surface area contributed by atoms with Crippen LogP contribution in [-0.2, 0) is 6.54 Å². The molecule has 0 radical (unpaired) electrons. The first kappa shape index (κ1) is 14.3. The van der Waals surface area contributed by atoms with Crippen molar-refractivity contribution in [3.05, 3.63) is 35.1 Å². The van der Waals surface area contributed by atoms with E-state index in [0.717, 1.165) is 31.7 Å². The minimum atomic E-state index is -1.17. The summed E-state index contributed by atoms with van der Waals surface area (Å²) in [5.74, 6) is -2.81. The molecule has 19 heavy (non-hydrogen) atoms. The van der Waals surface area contributed by atoms with Crippen molar-refractivity contribution >= 4 is 0 Å². The maximum Gasteiger partial charge on any atom is 0.161 e. The lowest BCUT2D eigenvalue weighted by molar-refractivity contribution is 0.152. The summed E-state index contributed by atoms with van der Waals surface area (Å²) in [4.78, 5) is 0. The molecular formula is C14H18F3NO. The molecule has 1 fully saturated rings. The first-order chi connectivity index (χ1) is 9.11. The van der Waals surface area contributed by atoms with E-state index in [2.05, 4.69) is 5.32 Å². The molecule has 1 aliphatic carbocycles. The second-order valence-corrected chi connectivity index (χ2v) is 5.07. The van der Waals surface area contributed by atoms with Crippen LogP contribution in [0.1, 0.15) is 31.2 Å². The van der Waals surface area contributed by atoms with Crippen LogP contribution in [0.25, 0.3) is 0 Å². The van der Waals surface area contributed by atoms with Crippen molar-refractivity contribution in [2.24, 2.45) is 5.92 Å². The molecule has 0 aromatic heterocycles. The Hall–Kier alpha value is -1.07. The van der Waals surface area contributed by atoms with E-state index in [0.29, 0.717) is 6.07 Å². The van der Waals surface area contributed by atoms with Crippen molar-refractivity contribution in [3.8, 4) is 0 Å². The van der Waals surface area contributed by atoms with Gasteiger partial charge in [-0.3, -0.25) is 0 Å². The van der Waals surface area contributed by atoms with Crippen LogP contribution in [0, 0.1) is 23.4 Å². The Labute approximate surface area is 110 Å². The molecule has 2 atom stereocenters. The lowest BCUT2D eigenvalue weighted by atomic mass is 9.85. The van der Waals surface area contributed by atoms with E-state index in [9.17, 15) is 18.3 Å². The van der Waals surface area contributed by atoms with Gasteiger partial charge in [-0.1, -0.05) is 12.8 Å². The fourth-order valence-electron chi connectivity index (χ4n) is 2.64. The lowest BCUT2D eigenvalue weighted by Crippen LogP contribution is -2.39. The van der Waals surface area contributed by atoms with Crippen LogP contribution in [-0.4, -0.2) is 17.8 Å². The summed E-state index contributed by atoms with van der Waals surface area (Å²) >= 11 is 0. The molecule has 0 bridgehead atoms. The molecule has 1 aromatic rings. The first-order valence-corrected chi connectivity index (χ1v) is 6.59. The van der Waals surface area contributed by atoms with Gasteiger partial charge in [-0.25, -0.2) is 13.2 Å². The van der Waals surface area contributed by atoms with Gasteiger partial charge in [0.05, 0.1) is 0 Å². The summed E-state index contributed by atoms with van der Waals surface area (Å²) in [6.45, 7) is 0.238. The molecule has 0 heterocycles. The van der Waals surface area contributed by atoms with Gasteiger partial charge in [0, 0.05) is 30.8 Å². The molecule has 2 N–H and O–H groups in total. The predicted octanol–water partition coefficient (Wildman–Crippen LogP) is 2.74. The number of aliphatic hydroxyl groups is 1. The third kappa shape index (κ3) is 3.48. The maximum atomic E-state index is 13.5. The van der Waals surface area contributed by atoms with E-state index < -0.39 is 17.5 Å². The highest BCUT2D eigenvalue weighted by molar-refractivity contribution is 5.20. The number of hydrogen-bond acceptors (Lipinski definition) is 2. The summed E-state index contributed by atoms with van der Waals surface area (Å²) in [5, 5.41) is 12.4. The Kier molecular flexibility index (Phi) is 4.82. The zero-order valence-corrected chi connectivity index (χ0v) is 10.6. The third-order valence-corrected chi connectivity index (χ3v) is 3.79. The van der Waals surface area contributed by atoms with Crippen molar-refractivity contribution in [1.82, 2.24) is 5.32 Å². The van der Waals surface area contributed by atoms with Crippen LogP contribution >= 0.6 is 0 Å². The van der Waals surface area contributed by atoms with Gasteiger partial charge in [0.15, 0.2) is 11.6 Å². The largest absolute Gasteiger partial charge is 0.396 e. The Morgan fingerprint density at radius 2 is 1.74 bits per heavy atom. The zero-order chi connectivity index (χ0) is 13.8. The molecule has 1 aliphatic rings. The monoisotopic (exact) mass is 273 g/mol. The quantitative estimate of drug-likeness (QED) is 0.827. The maximum absolute atomic E-state index is 13.5. The van der Waals surface area contributed by atoms with Gasteiger partial charge < -0.3 is 10.4 Å². The van der Waals surface area contributed by atoms with Crippen LogP contribution in [0.2, 0.25) is 0 Å². The first-order valence-electron chi connectivity index (χ1n) is 6.59. The van der Waals surface area contributed by atoms with Crippen LogP contribution in [0.3, 0.4) is 0 Å². The highest BCUT2D eigenvalue weighted by Crippen LogP contribution is 2.24. The van der Waals surface area contributed by atoms with Crippen LogP contribution in [0.15, 0.2) is 12.1 Å². The van der Waals surface area contributed by atoms with E-state index in [1.54, 1.807) is 0 Å². The van der Waals surface area contributed by atoms with Crippen LogP contribution < -0.4 is 5.32 Å². The fourth-order valence-corrected chi connectivity index (χ4v) is 2.64. The van der Waals surface area contributed by atoms with Crippen LogP contribution in [0.4, 0.5) is 13.2 Å². The predicted molar refractivity (Wildman–Crippen MR) is 66.0 cm³/mol. The van der Waals surface area contributed by atoms with Gasteiger partial charge in [0.2, 0.25) is 0 Å². The van der Waals surface area contributed by atoms with Gasteiger partial charge in [-0.05, 0) is 24.8 Å². The molecule has 0 spiro atoms. The summed E-state index contributed by atoms with van der Waals surface area (Å²) in [5.41, 5.74) is 0.112. The second kappa shape index (κ2) is 6.39. The third-order valence-electron chi connectivity index (χ3n) is 3.79. The smallest absolute Gasteiger partial charge is 0.161 e. The molecule has 106 valence electrons. The molecule has 2 rings (SSSR count). The van der Waals surface area contributed by atoms with Gasteiger partial charge in [0.25, 0.3) is 0 Å². The molecule has 5 heteroatoms. The average Bonchev–Trinajstić information content (AvgIpc) is 2.41. The number of halogens is 3. The van der Waals surface area contributed by atoms with Crippen molar-refractivity contribution in [2.45, 2.75) is 38.3 Å². The van der Waals surface area contributed by atoms with Gasteiger partial charge in [0.1, 0.15) is 5.82 Å². The fraction of sp³-hybridized carbons (Fsp3) is 0.571. The molecular weight excluding hydrogens is 255 g/mol. The topological polar surface area (TPSA) is 32.3 Å². The standard InChI is InChI=1S/C14H18F3NO/c15-11-6-13(17)12(16)5-10(11)7-18-14-4-2-1-3-9(14)8-19/h5-6,9,14,18-19H,1-4,7-8H2. The van der Waals surface area contributed by atoms with E-state index in [4.69, 9.17) is 0 Å². The second-order valence-electron chi connectivity index (χ2n) is 5.07. The summed E-state index contributed by atoms with van der Waals surface area (Å²) < 4.78 is 39.3. The normalized spacial score (nSPS) is 23.6. The number of rotatable bonds is 4. The summed E-state index contributed by atoms with van der Waals surface area (Å²) in [6.07, 6.45) is 4.00. The number of nitrogens with one attached hydrogen (secondary N) is 1. The molecule has 2 unspecified atom stereocenters. The SMILES string of the molecule is OCC1CCCCC1NCc1cc(F)c(F)cc1F. The molecule has 1 aromatic carbocycles. The Morgan fingerprint density at radius 3 is 2.47 bits per heavy atom. The molecule has 0 aliphatic heterocycles. The number of benzene rings is 1. The van der Waals surface area contributed by atoms with E-state index in [1.165, 1.54) is 0 Å². The number of hydrogen-bond donors (Lipinski definition) is 2. The summed E-state index contributed by atoms with van der Waals surface area (Å²) in [6, 6.07) is 1.55. The van der Waals surface area contributed by atoms with E-state index in [-0.39, 0.29) is 30.7 Å². The summed E-state index contributed by atoms with van der Waals surface area (Å²) in [7, 11) is 0. The van der Waals surface area contributed by atoms with Gasteiger partial charge in [-0.2, -0.15) is 0 Å². The average molecular weight is 273 g/mol. The van der Waals surface area contributed by atoms with Crippen molar-refractivity contribution in [2.75, 3.05) is 6.61 Å². The highest BCUT2D eigenvalue weighted by atomic mass is 19.2. The van der Waals surface area contributed by atoms with E-state index >= 15 is 0 Å². The molecule has 1 saturated carbocycles. The molecule has 0 amide bonds. The van der Waals surface area contributed by atoms with E-state index in [1.807, 2.05) is 0 Å². The highest BCUT2D eigenvalue weighted by Gasteiger charge is 2.24. The lowest BCUT2D eigenvalue weighted by Gasteiger charge is -2.31. The Morgan fingerprint density at radius 1 is 1.05 bits per heavy atom. The zero-order valence-electron chi connectivity index (χ0n) is 10.6. The Balaban J connectivity index is 1.99. The van der Waals surface area contributed by atoms with Crippen molar-refractivity contribution in [3.63, 3.8) is 0 Å². The van der Waals surface area contributed by atoms with Gasteiger partial charge >= 0.3 is 0 Å². The molecule has 0 saturated heterocycles. The minimum Gasteiger partial charge on any atom is -0.396 e. The minimum absolute atomic E-state index is 0.0952. The molecule has 2 nitrogen and oxygen atoms in total. The van der Waals surface area contributed by atoms with Crippen LogP contribution in [0.5, 0.6) is 0 Å². The van der Waals surface area contributed by atoms with Crippen molar-refractivity contribution in [1.29, 1.82) is 0 Å². The number of aliphatic hydroxyl groups excluding tert-OH is 1. The Bertz CT molecular complexity index is 439. The van der Waals surface area contributed by atoms with Gasteiger partial charge in [-0.15, -0.1) is 0 Å². The van der Waals surface area contributed by atoms with Crippen molar-refractivity contribution < 1.29 is 18.3 Å².